The summed E-state index contributed by atoms with van der Waals surface area (Å²) in [6.07, 6.45) is 3.36. The minimum absolute atomic E-state index is 0.248. The number of urea groups is 1. The molecule has 3 saturated heterocycles. The third kappa shape index (κ3) is 2.21. The average molecular weight is 252 g/mol. The zero-order valence-electron chi connectivity index (χ0n) is 11.2. The Labute approximate surface area is 109 Å². The molecular weight excluding hydrogens is 228 g/mol. The van der Waals surface area contributed by atoms with Crippen LogP contribution in [-0.2, 0) is 0 Å². The number of fused-ring (bicyclic) bond motifs is 2. The summed E-state index contributed by atoms with van der Waals surface area (Å²) in [6, 6.07) is 1.10. The average Bonchev–Trinajstić information content (AvgIpc) is 2.72. The Balaban J connectivity index is 1.63. The van der Waals surface area contributed by atoms with Crippen molar-refractivity contribution in [2.24, 2.45) is 5.92 Å². The van der Waals surface area contributed by atoms with Gasteiger partial charge in [-0.1, -0.05) is 0 Å². The van der Waals surface area contributed by atoms with E-state index in [4.69, 9.17) is 0 Å². The van der Waals surface area contributed by atoms with E-state index in [2.05, 4.69) is 15.5 Å². The van der Waals surface area contributed by atoms with Gasteiger partial charge in [0.1, 0.15) is 0 Å². The van der Waals surface area contributed by atoms with Crippen LogP contribution in [0.15, 0.2) is 0 Å². The molecule has 3 rings (SSSR count). The van der Waals surface area contributed by atoms with Crippen LogP contribution in [0.1, 0.15) is 19.3 Å². The quantitative estimate of drug-likeness (QED) is 0.695. The second kappa shape index (κ2) is 5.05. The number of carbonyl (C=O) groups is 1. The van der Waals surface area contributed by atoms with Gasteiger partial charge < -0.3 is 20.4 Å². The molecule has 0 aromatic carbocycles. The smallest absolute Gasteiger partial charge is 0.320 e. The van der Waals surface area contributed by atoms with Gasteiger partial charge in [0.05, 0.1) is 0 Å². The van der Waals surface area contributed by atoms with Gasteiger partial charge in [-0.25, -0.2) is 4.79 Å². The summed E-state index contributed by atoms with van der Waals surface area (Å²) in [5, 5.41) is 6.78. The normalized spacial score (nSPS) is 32.6. The van der Waals surface area contributed by atoms with E-state index in [1.54, 1.807) is 0 Å². The van der Waals surface area contributed by atoms with E-state index in [0.29, 0.717) is 18.0 Å². The minimum atomic E-state index is 0.248. The zero-order valence-corrected chi connectivity index (χ0v) is 11.2. The van der Waals surface area contributed by atoms with Crippen molar-refractivity contribution in [2.45, 2.75) is 31.3 Å². The lowest BCUT2D eigenvalue weighted by atomic mass is 10.0. The Morgan fingerprint density at radius 3 is 2.72 bits per heavy atom. The molecule has 2 N–H and O–H groups in total. The summed E-state index contributed by atoms with van der Waals surface area (Å²) >= 11 is 0. The first-order valence-electron chi connectivity index (χ1n) is 7.20. The number of hydrogen-bond donors (Lipinski definition) is 2. The van der Waals surface area contributed by atoms with Crippen LogP contribution in [0.5, 0.6) is 0 Å². The van der Waals surface area contributed by atoms with Crippen molar-refractivity contribution >= 4 is 6.03 Å². The molecule has 18 heavy (non-hydrogen) atoms. The molecule has 3 aliphatic rings. The molecule has 3 aliphatic heterocycles. The predicted molar refractivity (Wildman–Crippen MR) is 70.5 cm³/mol. The van der Waals surface area contributed by atoms with Crippen LogP contribution in [0, 0.1) is 5.92 Å². The molecule has 2 bridgehead atoms. The van der Waals surface area contributed by atoms with Gasteiger partial charge >= 0.3 is 6.03 Å². The number of hydrogen-bond acceptors (Lipinski definition) is 3. The molecule has 5 heteroatoms. The first-order chi connectivity index (χ1) is 8.75. The first kappa shape index (κ1) is 12.2. The SMILES string of the molecule is CN(C(=O)N1CC2CNCC1C2)C1CCNCC1. The second-order valence-corrected chi connectivity index (χ2v) is 5.94. The van der Waals surface area contributed by atoms with Crippen molar-refractivity contribution in [3.8, 4) is 0 Å². The number of amides is 2. The molecule has 5 nitrogen and oxygen atoms in total. The predicted octanol–water partition coefficient (Wildman–Crippen LogP) is 0.0839. The van der Waals surface area contributed by atoms with Crippen molar-refractivity contribution < 1.29 is 4.79 Å². The molecule has 0 aromatic heterocycles. The molecule has 0 spiro atoms. The van der Waals surface area contributed by atoms with Crippen LogP contribution in [0.2, 0.25) is 0 Å². The van der Waals surface area contributed by atoms with Gasteiger partial charge in [0.2, 0.25) is 0 Å². The molecule has 0 radical (unpaired) electrons. The lowest BCUT2D eigenvalue weighted by Gasteiger charge is -2.36. The van der Waals surface area contributed by atoms with Crippen molar-refractivity contribution in [3.05, 3.63) is 0 Å². The molecule has 2 unspecified atom stereocenters. The van der Waals surface area contributed by atoms with E-state index in [0.717, 1.165) is 45.6 Å². The van der Waals surface area contributed by atoms with Gasteiger partial charge in [0, 0.05) is 32.2 Å². The Hall–Kier alpha value is -0.810. The van der Waals surface area contributed by atoms with Gasteiger partial charge in [-0.3, -0.25) is 0 Å². The molecule has 2 amide bonds. The Morgan fingerprint density at radius 1 is 1.22 bits per heavy atom. The topological polar surface area (TPSA) is 47.6 Å². The van der Waals surface area contributed by atoms with Crippen molar-refractivity contribution in [1.82, 2.24) is 20.4 Å². The van der Waals surface area contributed by atoms with Gasteiger partial charge in [0.25, 0.3) is 0 Å². The fourth-order valence-electron chi connectivity index (χ4n) is 3.60. The Bertz CT molecular complexity index is 316. The molecule has 102 valence electrons. The minimum Gasteiger partial charge on any atom is -0.325 e. The number of nitrogens with zero attached hydrogens (tertiary/aromatic N) is 2. The van der Waals surface area contributed by atoms with Crippen LogP contribution < -0.4 is 10.6 Å². The van der Waals surface area contributed by atoms with E-state index >= 15 is 0 Å². The summed E-state index contributed by atoms with van der Waals surface area (Å²) in [4.78, 5) is 16.7. The van der Waals surface area contributed by atoms with E-state index in [9.17, 15) is 4.79 Å². The third-order valence-electron chi connectivity index (χ3n) is 4.72. The van der Waals surface area contributed by atoms with Crippen molar-refractivity contribution in [3.63, 3.8) is 0 Å². The second-order valence-electron chi connectivity index (χ2n) is 5.94. The molecule has 0 saturated carbocycles. The van der Waals surface area contributed by atoms with Crippen LogP contribution in [-0.4, -0.2) is 67.7 Å². The molecule has 0 aliphatic carbocycles. The maximum Gasteiger partial charge on any atom is 0.320 e. The molecule has 0 aromatic rings. The van der Waals surface area contributed by atoms with Gasteiger partial charge in [0.15, 0.2) is 0 Å². The van der Waals surface area contributed by atoms with E-state index < -0.39 is 0 Å². The highest BCUT2D eigenvalue weighted by Gasteiger charge is 2.39. The molecular formula is C13H24N4O. The molecule has 3 fully saturated rings. The van der Waals surface area contributed by atoms with E-state index in [-0.39, 0.29) is 6.03 Å². The van der Waals surface area contributed by atoms with Crippen molar-refractivity contribution in [2.75, 3.05) is 39.8 Å². The summed E-state index contributed by atoms with van der Waals surface area (Å²) in [5.74, 6) is 0.675. The summed E-state index contributed by atoms with van der Waals surface area (Å²) < 4.78 is 0. The number of carbonyl (C=O) groups excluding carboxylic acids is 1. The highest BCUT2D eigenvalue weighted by molar-refractivity contribution is 5.75. The third-order valence-corrected chi connectivity index (χ3v) is 4.72. The Kier molecular flexibility index (Phi) is 3.43. The maximum absolute atomic E-state index is 12.6. The molecule has 2 atom stereocenters. The fourth-order valence-corrected chi connectivity index (χ4v) is 3.60. The number of rotatable bonds is 1. The lowest BCUT2D eigenvalue weighted by Crippen LogP contribution is -2.51. The first-order valence-corrected chi connectivity index (χ1v) is 7.20. The van der Waals surface area contributed by atoms with Gasteiger partial charge in [-0.2, -0.15) is 0 Å². The monoisotopic (exact) mass is 252 g/mol. The summed E-state index contributed by atoms with van der Waals surface area (Å²) in [6.45, 7) is 5.08. The van der Waals surface area contributed by atoms with Crippen LogP contribution in [0.25, 0.3) is 0 Å². The largest absolute Gasteiger partial charge is 0.325 e. The van der Waals surface area contributed by atoms with Crippen molar-refractivity contribution in [1.29, 1.82) is 0 Å². The van der Waals surface area contributed by atoms with Gasteiger partial charge in [-0.05, 0) is 44.8 Å². The fraction of sp³-hybridized carbons (Fsp3) is 0.923. The maximum atomic E-state index is 12.6. The van der Waals surface area contributed by atoms with E-state index in [1.165, 1.54) is 6.42 Å². The molecule has 3 heterocycles. The van der Waals surface area contributed by atoms with Crippen LogP contribution in [0.4, 0.5) is 4.79 Å². The van der Waals surface area contributed by atoms with Crippen LogP contribution in [0.3, 0.4) is 0 Å². The standard InChI is InChI=1S/C13H24N4O/c1-16(11-2-4-14-5-3-11)13(18)17-9-10-6-12(17)8-15-7-10/h10-12,14-15H,2-9H2,1H3. The summed E-state index contributed by atoms with van der Waals surface area (Å²) in [5.41, 5.74) is 0. The zero-order chi connectivity index (χ0) is 12.5. The Morgan fingerprint density at radius 2 is 2.00 bits per heavy atom. The number of nitrogens with one attached hydrogen (secondary N) is 2. The number of likely N-dealkylation sites (tertiary alicyclic amines) is 1. The van der Waals surface area contributed by atoms with E-state index in [1.807, 2.05) is 11.9 Å². The number of piperidine rings is 2. The highest BCUT2D eigenvalue weighted by Crippen LogP contribution is 2.27. The highest BCUT2D eigenvalue weighted by atomic mass is 16.2. The lowest BCUT2D eigenvalue weighted by molar-refractivity contribution is 0.133. The summed E-state index contributed by atoms with van der Waals surface area (Å²) in [7, 11) is 1.98. The van der Waals surface area contributed by atoms with Crippen LogP contribution >= 0.6 is 0 Å². The van der Waals surface area contributed by atoms with Gasteiger partial charge in [-0.15, -0.1) is 0 Å².